The maximum Gasteiger partial charge on any atom is 0.240 e. The SMILES string of the molecule is O=S(=O)(NCCCO)c1cccc(-c2cc3c(-c4cccc5c4C=CC5)ccnc3[nH]2)c1. The zero-order valence-corrected chi connectivity index (χ0v) is 18.2. The summed E-state index contributed by atoms with van der Waals surface area (Å²) in [6.07, 6.45) is 7.46. The Morgan fingerprint density at radius 3 is 2.81 bits per heavy atom. The number of sulfonamides is 1. The summed E-state index contributed by atoms with van der Waals surface area (Å²) >= 11 is 0. The Hall–Kier alpha value is -3.26. The van der Waals surface area contributed by atoms with Gasteiger partial charge in [-0.15, -0.1) is 0 Å². The number of H-pyrrole nitrogens is 1. The fourth-order valence-corrected chi connectivity index (χ4v) is 5.26. The molecule has 5 rings (SSSR count). The fraction of sp³-hybridized carbons (Fsp3) is 0.160. The monoisotopic (exact) mass is 445 g/mol. The van der Waals surface area contributed by atoms with Crippen molar-refractivity contribution in [2.75, 3.05) is 13.2 Å². The van der Waals surface area contributed by atoms with Crippen molar-refractivity contribution in [3.63, 3.8) is 0 Å². The van der Waals surface area contributed by atoms with Crippen LogP contribution in [0.15, 0.2) is 71.8 Å². The summed E-state index contributed by atoms with van der Waals surface area (Å²) in [6.45, 7) is 0.131. The van der Waals surface area contributed by atoms with Gasteiger partial charge in [-0.3, -0.25) is 0 Å². The Kier molecular flexibility index (Phi) is 5.38. The predicted octanol–water partition coefficient (Wildman–Crippen LogP) is 4.13. The minimum Gasteiger partial charge on any atom is -0.396 e. The predicted molar refractivity (Wildman–Crippen MR) is 127 cm³/mol. The number of nitrogens with one attached hydrogen (secondary N) is 2. The minimum absolute atomic E-state index is 0.0621. The van der Waals surface area contributed by atoms with E-state index in [9.17, 15) is 8.42 Å². The number of nitrogens with zero attached hydrogens (tertiary/aromatic N) is 1. The molecule has 1 aliphatic rings. The van der Waals surface area contributed by atoms with E-state index in [1.165, 1.54) is 16.7 Å². The molecule has 162 valence electrons. The molecule has 0 atom stereocenters. The topological polar surface area (TPSA) is 95.1 Å². The van der Waals surface area contributed by atoms with Gasteiger partial charge in [-0.25, -0.2) is 18.1 Å². The first-order valence-corrected chi connectivity index (χ1v) is 12.0. The molecule has 0 spiro atoms. The van der Waals surface area contributed by atoms with E-state index in [0.29, 0.717) is 6.42 Å². The lowest BCUT2D eigenvalue weighted by Crippen LogP contribution is -2.25. The van der Waals surface area contributed by atoms with Gasteiger partial charge in [0.05, 0.1) is 4.90 Å². The van der Waals surface area contributed by atoms with E-state index in [1.807, 2.05) is 18.2 Å². The van der Waals surface area contributed by atoms with Gasteiger partial charge in [-0.05, 0) is 64.9 Å². The van der Waals surface area contributed by atoms with Crippen molar-refractivity contribution in [1.82, 2.24) is 14.7 Å². The first kappa shape index (κ1) is 20.6. The standard InChI is InChI=1S/C25H23N3O3S/c29-14-4-12-27-32(30,31)19-8-1-7-18(15-19)24-16-23-22(11-13-26-25(23)28-24)21-10-3-6-17-5-2-9-20(17)21/h1-3,6-11,13,15-16,27,29H,4-5,12,14H2,(H,26,28). The van der Waals surface area contributed by atoms with Crippen molar-refractivity contribution in [2.24, 2.45) is 0 Å². The van der Waals surface area contributed by atoms with E-state index in [2.05, 4.69) is 45.0 Å². The molecule has 0 unspecified atom stereocenters. The summed E-state index contributed by atoms with van der Waals surface area (Å²) in [5.74, 6) is 0. The highest BCUT2D eigenvalue weighted by Gasteiger charge is 2.17. The maximum absolute atomic E-state index is 12.6. The Bertz CT molecular complexity index is 1440. The smallest absolute Gasteiger partial charge is 0.240 e. The average molecular weight is 446 g/mol. The second kappa shape index (κ2) is 8.35. The third-order valence-corrected chi connectivity index (χ3v) is 7.18. The van der Waals surface area contributed by atoms with Crippen LogP contribution in [-0.4, -0.2) is 36.6 Å². The molecule has 3 N–H and O–H groups in total. The van der Waals surface area contributed by atoms with E-state index in [4.69, 9.17) is 5.11 Å². The van der Waals surface area contributed by atoms with Gasteiger partial charge in [-0.2, -0.15) is 0 Å². The highest BCUT2D eigenvalue weighted by Crippen LogP contribution is 2.36. The van der Waals surface area contributed by atoms with Gasteiger partial charge in [0.2, 0.25) is 10.0 Å². The number of hydrogen-bond donors (Lipinski definition) is 3. The largest absolute Gasteiger partial charge is 0.396 e. The summed E-state index contributed by atoms with van der Waals surface area (Å²) in [5.41, 5.74) is 7.13. The van der Waals surface area contributed by atoms with Crippen LogP contribution in [0.1, 0.15) is 17.5 Å². The van der Waals surface area contributed by atoms with Gasteiger partial charge in [0.25, 0.3) is 0 Å². The minimum atomic E-state index is -3.65. The van der Waals surface area contributed by atoms with Crippen molar-refractivity contribution in [1.29, 1.82) is 0 Å². The molecule has 32 heavy (non-hydrogen) atoms. The Morgan fingerprint density at radius 2 is 1.94 bits per heavy atom. The zero-order valence-electron chi connectivity index (χ0n) is 17.4. The molecule has 2 aromatic heterocycles. The van der Waals surface area contributed by atoms with Gasteiger partial charge >= 0.3 is 0 Å². The van der Waals surface area contributed by atoms with Crippen LogP contribution in [0.25, 0.3) is 39.5 Å². The number of fused-ring (bicyclic) bond motifs is 2. The average Bonchev–Trinajstić information content (AvgIpc) is 3.46. The second-order valence-electron chi connectivity index (χ2n) is 7.79. The second-order valence-corrected chi connectivity index (χ2v) is 9.56. The number of aromatic nitrogens is 2. The van der Waals surface area contributed by atoms with Crippen LogP contribution in [0, 0.1) is 0 Å². The normalized spacial score (nSPS) is 13.0. The molecule has 0 saturated heterocycles. The van der Waals surface area contributed by atoms with E-state index >= 15 is 0 Å². The highest BCUT2D eigenvalue weighted by molar-refractivity contribution is 7.89. The van der Waals surface area contributed by atoms with Crippen molar-refractivity contribution < 1.29 is 13.5 Å². The zero-order chi connectivity index (χ0) is 22.1. The number of pyridine rings is 1. The van der Waals surface area contributed by atoms with E-state index in [-0.39, 0.29) is 18.0 Å². The Labute approximate surface area is 186 Å². The van der Waals surface area contributed by atoms with Crippen LogP contribution in [-0.2, 0) is 16.4 Å². The molecule has 0 radical (unpaired) electrons. The molecule has 7 heteroatoms. The molecule has 0 amide bonds. The summed E-state index contributed by atoms with van der Waals surface area (Å²) in [7, 11) is -3.65. The molecule has 0 saturated carbocycles. The van der Waals surface area contributed by atoms with Crippen molar-refractivity contribution in [3.05, 3.63) is 78.0 Å². The molecule has 2 heterocycles. The van der Waals surface area contributed by atoms with Gasteiger partial charge in [0.15, 0.2) is 0 Å². The van der Waals surface area contributed by atoms with Crippen molar-refractivity contribution in [3.8, 4) is 22.4 Å². The fourth-order valence-electron chi connectivity index (χ4n) is 4.14. The van der Waals surface area contributed by atoms with E-state index in [0.717, 1.165) is 34.3 Å². The lowest BCUT2D eigenvalue weighted by Gasteiger charge is -2.09. The third-order valence-electron chi connectivity index (χ3n) is 5.72. The lowest BCUT2D eigenvalue weighted by atomic mass is 9.96. The molecular formula is C25H23N3O3S. The summed E-state index contributed by atoms with van der Waals surface area (Å²) in [6, 6.07) is 17.2. The van der Waals surface area contributed by atoms with Crippen LogP contribution in [0.4, 0.5) is 0 Å². The molecule has 0 aliphatic heterocycles. The lowest BCUT2D eigenvalue weighted by molar-refractivity contribution is 0.289. The molecule has 1 aliphatic carbocycles. The van der Waals surface area contributed by atoms with Gasteiger partial charge in [0.1, 0.15) is 5.65 Å². The molecule has 0 fully saturated rings. The number of aliphatic hydroxyl groups is 1. The maximum atomic E-state index is 12.6. The van der Waals surface area contributed by atoms with Crippen molar-refractivity contribution >= 4 is 27.1 Å². The van der Waals surface area contributed by atoms with Crippen LogP contribution < -0.4 is 4.72 Å². The molecule has 4 aromatic rings. The Balaban J connectivity index is 1.56. The van der Waals surface area contributed by atoms with Crippen molar-refractivity contribution in [2.45, 2.75) is 17.7 Å². The number of benzene rings is 2. The van der Waals surface area contributed by atoms with Gasteiger partial charge < -0.3 is 10.1 Å². The number of rotatable bonds is 7. The van der Waals surface area contributed by atoms with Crippen LogP contribution in [0.3, 0.4) is 0 Å². The number of hydrogen-bond acceptors (Lipinski definition) is 4. The summed E-state index contributed by atoms with van der Waals surface area (Å²) < 4.78 is 27.7. The first-order chi connectivity index (χ1) is 15.6. The molecule has 6 nitrogen and oxygen atoms in total. The number of allylic oxidation sites excluding steroid dienone is 1. The van der Waals surface area contributed by atoms with Gasteiger partial charge in [0, 0.05) is 30.4 Å². The quantitative estimate of drug-likeness (QED) is 0.373. The molecule has 2 aromatic carbocycles. The Morgan fingerprint density at radius 1 is 1.06 bits per heavy atom. The molecule has 0 bridgehead atoms. The van der Waals surface area contributed by atoms with E-state index in [1.54, 1.807) is 24.4 Å². The first-order valence-electron chi connectivity index (χ1n) is 10.5. The van der Waals surface area contributed by atoms with Gasteiger partial charge in [-0.1, -0.05) is 42.5 Å². The summed E-state index contributed by atoms with van der Waals surface area (Å²) in [4.78, 5) is 8.03. The van der Waals surface area contributed by atoms with E-state index < -0.39 is 10.0 Å². The van der Waals surface area contributed by atoms with Crippen LogP contribution >= 0.6 is 0 Å². The van der Waals surface area contributed by atoms with Crippen LogP contribution in [0.5, 0.6) is 0 Å². The number of aromatic amines is 1. The molecular weight excluding hydrogens is 422 g/mol. The summed E-state index contributed by atoms with van der Waals surface area (Å²) in [5, 5.41) is 9.89. The highest BCUT2D eigenvalue weighted by atomic mass is 32.2. The number of aliphatic hydroxyl groups excluding tert-OH is 1. The third kappa shape index (κ3) is 3.75. The van der Waals surface area contributed by atoms with Crippen LogP contribution in [0.2, 0.25) is 0 Å².